The molecule has 2 heterocycles. The molecule has 0 N–H and O–H groups in total. The smallest absolute Gasteiger partial charge is 0.210 e. The number of nitrogens with zero attached hydrogens (tertiary/aromatic N) is 2. The second-order valence-corrected chi connectivity index (χ2v) is 14.1. The molecule has 0 fully saturated rings. The summed E-state index contributed by atoms with van der Waals surface area (Å²) in [5.74, 6) is 3.43. The lowest BCUT2D eigenvalue weighted by atomic mass is 9.81. The molecule has 4 aromatic rings. The number of hydrogen-bond acceptors (Lipinski definition) is 4. The molecule has 3 aliphatic rings. The average Bonchev–Trinajstić information content (AvgIpc) is 3.69. The number of hydrogen-bond donors (Lipinski definition) is 0. The molecule has 0 saturated heterocycles. The summed E-state index contributed by atoms with van der Waals surface area (Å²) in [4.78, 5) is 2.41. The van der Waals surface area contributed by atoms with E-state index in [2.05, 4.69) is 166 Å². The van der Waals surface area contributed by atoms with Gasteiger partial charge in [-0.05, 0) is 93.3 Å². The fraction of sp³-hybridized carbons (Fsp3) is 0.267. The summed E-state index contributed by atoms with van der Waals surface area (Å²) < 4.78 is 20.6. The molecule has 0 amide bonds. The van der Waals surface area contributed by atoms with E-state index >= 15 is 0 Å². The molecule has 0 radical (unpaired) electrons. The first kappa shape index (κ1) is 33.2. The maximum Gasteiger partial charge on any atom is 0.210 e. The predicted octanol–water partition coefficient (Wildman–Crippen LogP) is 10.3. The fourth-order valence-electron chi connectivity index (χ4n) is 7.85. The van der Waals surface area contributed by atoms with Gasteiger partial charge in [-0.15, -0.1) is 0 Å². The fourth-order valence-corrected chi connectivity index (χ4v) is 7.85. The second kappa shape index (κ2) is 12.9. The number of benzene rings is 4. The zero-order valence-electron chi connectivity index (χ0n) is 30.5. The van der Waals surface area contributed by atoms with E-state index in [1.807, 2.05) is 0 Å². The van der Waals surface area contributed by atoms with Crippen molar-refractivity contribution >= 4 is 27.9 Å². The molecule has 0 saturated carbocycles. The largest absolute Gasteiger partial charge is 0.497 e. The first-order valence-electron chi connectivity index (χ1n) is 17.6. The van der Waals surface area contributed by atoms with E-state index in [9.17, 15) is 0 Å². The van der Waals surface area contributed by atoms with Gasteiger partial charge in [0.05, 0.1) is 19.6 Å². The molecule has 2 aliphatic heterocycles. The van der Waals surface area contributed by atoms with Gasteiger partial charge in [-0.2, -0.15) is 4.58 Å². The number of fused-ring (bicyclic) bond motifs is 3. The summed E-state index contributed by atoms with van der Waals surface area (Å²) in [6.07, 6.45) is 13.3. The van der Waals surface area contributed by atoms with Crippen LogP contribution in [0, 0.1) is 0 Å². The summed E-state index contributed by atoms with van der Waals surface area (Å²) in [6.45, 7) is 15.3. The molecular weight excluding hydrogens is 617 g/mol. The van der Waals surface area contributed by atoms with Crippen molar-refractivity contribution in [3.8, 4) is 17.2 Å². The quantitative estimate of drug-likeness (QED) is 0.167. The van der Waals surface area contributed by atoms with Gasteiger partial charge in [0.1, 0.15) is 29.6 Å². The number of rotatable bonds is 9. The Morgan fingerprint density at radius 2 is 1.46 bits per heavy atom. The van der Waals surface area contributed by atoms with Crippen LogP contribution >= 0.6 is 0 Å². The topological polar surface area (TPSA) is 33.9 Å². The SMILES string of the molecule is CCN1/C(=C/C=C2\C=CC(/C=C/C3=[N+](CC)c4ccc(OC)cc4C3(C)C)=C2Oc2cccc3ccccc23)C(C)(C)c2cc(OC)ccc21. The molecule has 7 rings (SSSR count). The van der Waals surface area contributed by atoms with Crippen molar-refractivity contribution in [3.63, 3.8) is 0 Å². The lowest BCUT2D eigenvalue weighted by Gasteiger charge is -2.26. The molecule has 0 spiro atoms. The van der Waals surface area contributed by atoms with Crippen LogP contribution in [0.25, 0.3) is 10.8 Å². The molecule has 5 heteroatoms. The van der Waals surface area contributed by atoms with E-state index in [0.717, 1.165) is 58.0 Å². The lowest BCUT2D eigenvalue weighted by molar-refractivity contribution is -0.433. The number of methoxy groups -OCH3 is 2. The Morgan fingerprint density at radius 3 is 2.20 bits per heavy atom. The summed E-state index contributed by atoms with van der Waals surface area (Å²) in [6, 6.07) is 27.5. The highest BCUT2D eigenvalue weighted by atomic mass is 16.5. The monoisotopic (exact) mass is 663 g/mol. The van der Waals surface area contributed by atoms with E-state index in [1.54, 1.807) is 14.2 Å². The van der Waals surface area contributed by atoms with Crippen LogP contribution in [0.3, 0.4) is 0 Å². The van der Waals surface area contributed by atoms with Gasteiger partial charge >= 0.3 is 0 Å². The van der Waals surface area contributed by atoms with Crippen molar-refractivity contribution in [2.45, 2.75) is 52.4 Å². The van der Waals surface area contributed by atoms with Gasteiger partial charge in [-0.1, -0.05) is 62.4 Å². The van der Waals surface area contributed by atoms with E-state index in [1.165, 1.54) is 33.9 Å². The van der Waals surface area contributed by atoms with Gasteiger partial charge in [0.15, 0.2) is 5.71 Å². The molecule has 4 aromatic carbocycles. The van der Waals surface area contributed by atoms with E-state index in [4.69, 9.17) is 14.2 Å². The van der Waals surface area contributed by atoms with E-state index in [-0.39, 0.29) is 10.8 Å². The Labute approximate surface area is 296 Å². The first-order valence-corrected chi connectivity index (χ1v) is 17.6. The van der Waals surface area contributed by atoms with Crippen LogP contribution in [0.2, 0.25) is 0 Å². The summed E-state index contributed by atoms with van der Waals surface area (Å²) in [5.41, 5.74) is 9.14. The van der Waals surface area contributed by atoms with Gasteiger partial charge in [-0.3, -0.25) is 0 Å². The van der Waals surface area contributed by atoms with Crippen LogP contribution in [0.15, 0.2) is 138 Å². The van der Waals surface area contributed by atoms with Crippen LogP contribution in [0.5, 0.6) is 17.2 Å². The lowest BCUT2D eigenvalue weighted by Crippen LogP contribution is -2.27. The van der Waals surface area contributed by atoms with Crippen LogP contribution < -0.4 is 19.1 Å². The maximum absolute atomic E-state index is 6.94. The third-order valence-corrected chi connectivity index (χ3v) is 10.6. The highest BCUT2D eigenvalue weighted by Gasteiger charge is 2.44. The zero-order valence-corrected chi connectivity index (χ0v) is 30.5. The van der Waals surface area contributed by atoms with Gasteiger partial charge < -0.3 is 19.1 Å². The van der Waals surface area contributed by atoms with Crippen molar-refractivity contribution in [2.24, 2.45) is 0 Å². The van der Waals surface area contributed by atoms with Crippen LogP contribution in [-0.2, 0) is 10.8 Å². The molecule has 1 aliphatic carbocycles. The molecule has 0 unspecified atom stereocenters. The molecule has 0 atom stereocenters. The Bertz CT molecular complexity index is 2190. The Balaban J connectivity index is 1.33. The van der Waals surface area contributed by atoms with Crippen molar-refractivity contribution < 1.29 is 18.8 Å². The minimum atomic E-state index is -0.200. The maximum atomic E-state index is 6.94. The molecule has 0 aromatic heterocycles. The average molecular weight is 664 g/mol. The highest BCUT2D eigenvalue weighted by Crippen LogP contribution is 2.49. The predicted molar refractivity (Wildman–Crippen MR) is 207 cm³/mol. The Morgan fingerprint density at radius 1 is 0.740 bits per heavy atom. The molecule has 0 bridgehead atoms. The van der Waals surface area contributed by atoms with Crippen molar-refractivity contribution in [1.82, 2.24) is 0 Å². The number of allylic oxidation sites excluding steroid dienone is 8. The Kier molecular flexibility index (Phi) is 8.55. The molecule has 254 valence electrons. The van der Waals surface area contributed by atoms with E-state index < -0.39 is 0 Å². The standard InChI is InChI=1S/C45H47N2O3/c1-9-46-38-24-22-33(48-7)28-36(38)44(3,4)41(46)26-20-31-18-19-32(43(31)50-40-17-13-15-30-14-11-12-16-35(30)40)21-27-42-45(5,6)37-29-34(49-8)23-25-39(37)47(42)10-2/h11-29H,9-10H2,1-8H3/q+1. The van der Waals surface area contributed by atoms with Gasteiger partial charge in [0.2, 0.25) is 5.69 Å². The molecular formula is C45H47N2O3+. The normalized spacial score (nSPS) is 19.0. The second-order valence-electron chi connectivity index (χ2n) is 14.1. The van der Waals surface area contributed by atoms with Gasteiger partial charge in [0, 0.05) is 57.6 Å². The van der Waals surface area contributed by atoms with Gasteiger partial charge in [-0.25, -0.2) is 0 Å². The number of likely N-dealkylation sites (N-methyl/N-ethyl adjacent to an activating group) is 1. The highest BCUT2D eigenvalue weighted by molar-refractivity contribution is 6.03. The zero-order chi connectivity index (χ0) is 35.2. The van der Waals surface area contributed by atoms with Crippen molar-refractivity contribution in [2.75, 3.05) is 32.2 Å². The summed E-state index contributed by atoms with van der Waals surface area (Å²) in [7, 11) is 3.46. The number of ether oxygens (including phenoxy) is 3. The molecule has 5 nitrogen and oxygen atoms in total. The molecule has 50 heavy (non-hydrogen) atoms. The Hall–Kier alpha value is -5.29. The van der Waals surface area contributed by atoms with Gasteiger partial charge in [0.25, 0.3) is 0 Å². The van der Waals surface area contributed by atoms with Crippen molar-refractivity contribution in [1.29, 1.82) is 0 Å². The van der Waals surface area contributed by atoms with Crippen LogP contribution in [0.4, 0.5) is 11.4 Å². The third-order valence-electron chi connectivity index (χ3n) is 10.6. The minimum absolute atomic E-state index is 0.200. The van der Waals surface area contributed by atoms with Crippen LogP contribution in [0.1, 0.15) is 52.7 Å². The van der Waals surface area contributed by atoms with E-state index in [0.29, 0.717) is 0 Å². The summed E-state index contributed by atoms with van der Waals surface area (Å²) in [5, 5.41) is 2.23. The minimum Gasteiger partial charge on any atom is -0.497 e. The number of anilines is 1. The first-order chi connectivity index (χ1) is 24.1. The van der Waals surface area contributed by atoms with Crippen LogP contribution in [-0.4, -0.2) is 37.6 Å². The third kappa shape index (κ3) is 5.45. The summed E-state index contributed by atoms with van der Waals surface area (Å²) >= 11 is 0. The van der Waals surface area contributed by atoms with Crippen molar-refractivity contribution in [3.05, 3.63) is 149 Å².